The molecule has 0 spiro atoms. The lowest BCUT2D eigenvalue weighted by Crippen LogP contribution is -1.89. The third-order valence-electron chi connectivity index (χ3n) is 2.76. The molecule has 0 heterocycles. The first-order valence-electron chi connectivity index (χ1n) is 5.59. The summed E-state index contributed by atoms with van der Waals surface area (Å²) in [6, 6.07) is 10.7. The third kappa shape index (κ3) is 4.38. The summed E-state index contributed by atoms with van der Waals surface area (Å²) in [4.78, 5) is 0. The third-order valence-corrected chi connectivity index (χ3v) is 2.76. The van der Waals surface area contributed by atoms with Crippen LogP contribution in [0.2, 0.25) is 0 Å². The number of hydrogen-bond donors (Lipinski definition) is 1. The molecule has 0 aliphatic rings. The van der Waals surface area contributed by atoms with Crippen molar-refractivity contribution in [3.63, 3.8) is 0 Å². The molecule has 0 aromatic heterocycles. The number of benzene rings is 1. The zero-order valence-electron chi connectivity index (χ0n) is 10.6. The molecule has 0 fully saturated rings. The van der Waals surface area contributed by atoms with Gasteiger partial charge in [0.05, 0.1) is 0 Å². The molecular formula is C14H24ClN. The van der Waals surface area contributed by atoms with Crippen LogP contribution in [0.25, 0.3) is 5.57 Å². The Morgan fingerprint density at radius 3 is 1.75 bits per heavy atom. The van der Waals surface area contributed by atoms with Crippen molar-refractivity contribution in [3.05, 3.63) is 41.5 Å². The maximum absolute atomic E-state index is 2.25. The van der Waals surface area contributed by atoms with Crippen LogP contribution in [-0.2, 0) is 0 Å². The quantitative estimate of drug-likeness (QED) is 0.767. The largest absolute Gasteiger partial charge is 0.344 e. The van der Waals surface area contributed by atoms with E-state index in [1.165, 1.54) is 24.0 Å². The second-order valence-corrected chi connectivity index (χ2v) is 3.51. The summed E-state index contributed by atoms with van der Waals surface area (Å²) in [6.45, 7) is 6.74. The zero-order valence-corrected chi connectivity index (χ0v) is 11.4. The molecule has 92 valence electrons. The average molecular weight is 242 g/mol. The second kappa shape index (κ2) is 9.44. The van der Waals surface area contributed by atoms with Gasteiger partial charge in [0.2, 0.25) is 0 Å². The fourth-order valence-corrected chi connectivity index (χ4v) is 1.97. The molecule has 0 radical (unpaired) electrons. The van der Waals surface area contributed by atoms with Gasteiger partial charge in [-0.05, 0) is 30.4 Å². The molecule has 1 aromatic rings. The molecule has 1 nitrogen and oxygen atoms in total. The van der Waals surface area contributed by atoms with Gasteiger partial charge in [0.25, 0.3) is 0 Å². The summed E-state index contributed by atoms with van der Waals surface area (Å²) in [5.74, 6) is 0. The molecule has 0 aliphatic heterocycles. The Morgan fingerprint density at radius 2 is 1.38 bits per heavy atom. The van der Waals surface area contributed by atoms with Crippen molar-refractivity contribution in [2.75, 3.05) is 0 Å². The molecule has 0 saturated heterocycles. The summed E-state index contributed by atoms with van der Waals surface area (Å²) in [5.41, 5.74) is 4.53. The fourth-order valence-electron chi connectivity index (χ4n) is 1.97. The maximum atomic E-state index is 2.25. The molecule has 1 rings (SSSR count). The van der Waals surface area contributed by atoms with Crippen molar-refractivity contribution in [1.29, 1.82) is 0 Å². The van der Waals surface area contributed by atoms with E-state index >= 15 is 0 Å². The lowest BCUT2D eigenvalue weighted by molar-refractivity contribution is 0.965. The minimum atomic E-state index is 0. The summed E-state index contributed by atoms with van der Waals surface area (Å²) in [5, 5.41) is 0. The van der Waals surface area contributed by atoms with Crippen molar-refractivity contribution in [1.82, 2.24) is 6.15 Å². The van der Waals surface area contributed by atoms with Crippen molar-refractivity contribution in [2.24, 2.45) is 0 Å². The molecule has 0 bridgehead atoms. The van der Waals surface area contributed by atoms with E-state index in [9.17, 15) is 0 Å². The molecule has 0 saturated carbocycles. The highest BCUT2D eigenvalue weighted by molar-refractivity contribution is 5.85. The highest BCUT2D eigenvalue weighted by atomic mass is 35.5. The Morgan fingerprint density at radius 1 is 0.875 bits per heavy atom. The van der Waals surface area contributed by atoms with E-state index in [0.717, 1.165) is 6.42 Å². The van der Waals surface area contributed by atoms with Gasteiger partial charge in [0.15, 0.2) is 0 Å². The predicted octanol–water partition coefficient (Wildman–Crippen LogP) is 5.25. The van der Waals surface area contributed by atoms with E-state index in [1.807, 2.05) is 0 Å². The minimum Gasteiger partial charge on any atom is -0.344 e. The SMILES string of the molecule is CCC(CC)=C(CC)c1ccccc1.Cl.N. The Hall–Kier alpha value is -0.790. The molecule has 0 amide bonds. The van der Waals surface area contributed by atoms with Gasteiger partial charge >= 0.3 is 0 Å². The first kappa shape index (κ1) is 17.6. The molecular weight excluding hydrogens is 218 g/mol. The van der Waals surface area contributed by atoms with Crippen LogP contribution in [0, 0.1) is 0 Å². The molecule has 2 heteroatoms. The van der Waals surface area contributed by atoms with Crippen LogP contribution in [0.1, 0.15) is 45.6 Å². The van der Waals surface area contributed by atoms with Gasteiger partial charge in [0, 0.05) is 0 Å². The van der Waals surface area contributed by atoms with Crippen molar-refractivity contribution >= 4 is 18.0 Å². The van der Waals surface area contributed by atoms with Crippen molar-refractivity contribution in [3.8, 4) is 0 Å². The van der Waals surface area contributed by atoms with Crippen LogP contribution < -0.4 is 6.15 Å². The van der Waals surface area contributed by atoms with Gasteiger partial charge in [-0.1, -0.05) is 56.7 Å². The normalized spacial score (nSPS) is 8.69. The Labute approximate surface area is 106 Å². The zero-order chi connectivity index (χ0) is 10.4. The van der Waals surface area contributed by atoms with Crippen molar-refractivity contribution < 1.29 is 0 Å². The van der Waals surface area contributed by atoms with E-state index in [1.54, 1.807) is 5.57 Å². The highest BCUT2D eigenvalue weighted by Crippen LogP contribution is 2.25. The summed E-state index contributed by atoms with van der Waals surface area (Å²) >= 11 is 0. The van der Waals surface area contributed by atoms with Crippen LogP contribution in [0.5, 0.6) is 0 Å². The van der Waals surface area contributed by atoms with E-state index < -0.39 is 0 Å². The maximum Gasteiger partial charge on any atom is -0.0225 e. The number of hydrogen-bond acceptors (Lipinski definition) is 1. The first-order chi connectivity index (χ1) is 6.83. The summed E-state index contributed by atoms with van der Waals surface area (Å²) < 4.78 is 0. The van der Waals surface area contributed by atoms with Crippen molar-refractivity contribution in [2.45, 2.75) is 40.0 Å². The smallest absolute Gasteiger partial charge is 0.0225 e. The van der Waals surface area contributed by atoms with E-state index in [4.69, 9.17) is 0 Å². The average Bonchev–Trinajstić information content (AvgIpc) is 2.27. The van der Waals surface area contributed by atoms with E-state index in [-0.39, 0.29) is 18.6 Å². The van der Waals surface area contributed by atoms with E-state index in [2.05, 4.69) is 51.1 Å². The second-order valence-electron chi connectivity index (χ2n) is 3.51. The monoisotopic (exact) mass is 241 g/mol. The summed E-state index contributed by atoms with van der Waals surface area (Å²) in [7, 11) is 0. The highest BCUT2D eigenvalue weighted by Gasteiger charge is 2.03. The number of rotatable bonds is 4. The van der Waals surface area contributed by atoms with Crippen LogP contribution in [0.15, 0.2) is 35.9 Å². The Balaban J connectivity index is 0. The van der Waals surface area contributed by atoms with Gasteiger partial charge in [-0.2, -0.15) is 0 Å². The molecule has 0 unspecified atom stereocenters. The standard InChI is InChI=1S/C14H20.ClH.H3N/c1-4-12(5-2)14(6-3)13-10-8-7-9-11-13;;/h7-11H,4-6H2,1-3H3;1H;1H3. The molecule has 3 N–H and O–H groups in total. The van der Waals surface area contributed by atoms with Gasteiger partial charge in [0.1, 0.15) is 0 Å². The molecule has 0 aliphatic carbocycles. The molecule has 0 atom stereocenters. The Kier molecular flexibility index (Phi) is 10.4. The Bertz CT molecular complexity index is 298. The topological polar surface area (TPSA) is 35.0 Å². The van der Waals surface area contributed by atoms with Crippen LogP contribution in [0.3, 0.4) is 0 Å². The van der Waals surface area contributed by atoms with Crippen LogP contribution in [-0.4, -0.2) is 0 Å². The van der Waals surface area contributed by atoms with Crippen LogP contribution in [0.4, 0.5) is 0 Å². The number of allylic oxidation sites excluding steroid dienone is 2. The minimum absolute atomic E-state index is 0. The van der Waals surface area contributed by atoms with Gasteiger partial charge in [-0.3, -0.25) is 0 Å². The number of halogens is 1. The molecule has 1 aromatic carbocycles. The lowest BCUT2D eigenvalue weighted by Gasteiger charge is -2.11. The fraction of sp³-hybridized carbons (Fsp3) is 0.429. The van der Waals surface area contributed by atoms with Gasteiger partial charge in [-0.25, -0.2) is 0 Å². The van der Waals surface area contributed by atoms with E-state index in [0.29, 0.717) is 0 Å². The van der Waals surface area contributed by atoms with Gasteiger partial charge < -0.3 is 6.15 Å². The first-order valence-corrected chi connectivity index (χ1v) is 5.59. The summed E-state index contributed by atoms with van der Waals surface area (Å²) in [6.07, 6.45) is 3.49. The predicted molar refractivity (Wildman–Crippen MR) is 76.5 cm³/mol. The molecule has 16 heavy (non-hydrogen) atoms. The van der Waals surface area contributed by atoms with Crippen LogP contribution >= 0.6 is 12.4 Å². The lowest BCUT2D eigenvalue weighted by atomic mass is 9.95. The van der Waals surface area contributed by atoms with Gasteiger partial charge in [-0.15, -0.1) is 12.4 Å².